The number of hydrogen-bond donors (Lipinski definition) is 0. The molecule has 0 aliphatic heterocycles. The first-order valence-corrected chi connectivity index (χ1v) is 6.54. The summed E-state index contributed by atoms with van der Waals surface area (Å²) in [5, 5.41) is 21.9. The van der Waals surface area contributed by atoms with E-state index in [0.29, 0.717) is 5.71 Å². The second kappa shape index (κ2) is 7.31. The minimum absolute atomic E-state index is 0.00108. The van der Waals surface area contributed by atoms with Gasteiger partial charge in [-0.25, -0.2) is 0 Å². The van der Waals surface area contributed by atoms with E-state index >= 15 is 0 Å². The molecule has 0 bridgehead atoms. The number of halogens is 3. The van der Waals surface area contributed by atoms with Gasteiger partial charge in [0, 0.05) is 6.42 Å². The first-order chi connectivity index (χ1) is 9.43. The third-order valence-electron chi connectivity index (χ3n) is 2.65. The quantitative estimate of drug-likeness (QED) is 0.541. The molecule has 0 unspecified atom stereocenters. The number of hydrogen-bond acceptors (Lipinski definition) is 4. The summed E-state index contributed by atoms with van der Waals surface area (Å²) in [7, 11) is 0. The van der Waals surface area contributed by atoms with Crippen LogP contribution in [0.25, 0.3) is 0 Å². The lowest BCUT2D eigenvalue weighted by Gasteiger charge is -2.20. The molecule has 0 rings (SSSR count). The first-order valence-electron chi connectivity index (χ1n) is 6.54. The Balaban J connectivity index is 4.67. The summed E-state index contributed by atoms with van der Waals surface area (Å²) < 4.78 is 36.7. The molecule has 0 aliphatic carbocycles. The summed E-state index contributed by atoms with van der Waals surface area (Å²) in [5.74, 6) is 0. The Morgan fingerprint density at radius 2 is 1.57 bits per heavy atom. The van der Waals surface area contributed by atoms with E-state index in [2.05, 4.69) is 5.16 Å². The van der Waals surface area contributed by atoms with Crippen LogP contribution in [0.2, 0.25) is 0 Å². The molecule has 0 aromatic carbocycles. The van der Waals surface area contributed by atoms with Gasteiger partial charge >= 0.3 is 6.18 Å². The fourth-order valence-electron chi connectivity index (χ4n) is 1.38. The van der Waals surface area contributed by atoms with E-state index < -0.39 is 30.0 Å². The van der Waals surface area contributed by atoms with Crippen LogP contribution in [0.1, 0.15) is 53.4 Å². The Hall–Kier alpha value is -1.76. The number of oxime groups is 1. The van der Waals surface area contributed by atoms with Crippen LogP contribution >= 0.6 is 0 Å². The molecule has 0 aromatic heterocycles. The molecule has 4 nitrogen and oxygen atoms in total. The van der Waals surface area contributed by atoms with E-state index in [-0.39, 0.29) is 12.8 Å². The number of alkyl halides is 3. The predicted molar refractivity (Wildman–Crippen MR) is 72.1 cm³/mol. The molecule has 0 spiro atoms. The molecule has 0 N–H and O–H groups in total. The van der Waals surface area contributed by atoms with Crippen LogP contribution in [0.4, 0.5) is 13.2 Å². The van der Waals surface area contributed by atoms with Crippen LogP contribution < -0.4 is 0 Å². The minimum Gasteiger partial charge on any atom is -0.390 e. The van der Waals surface area contributed by atoms with Gasteiger partial charge in [-0.05, 0) is 47.0 Å². The zero-order chi connectivity index (χ0) is 16.7. The highest BCUT2D eigenvalue weighted by atomic mass is 19.4. The molecule has 7 heteroatoms. The Bertz CT molecular complexity index is 436. The molecule has 0 aromatic rings. The maximum absolute atomic E-state index is 12.2. The van der Waals surface area contributed by atoms with Crippen molar-refractivity contribution in [3.05, 3.63) is 0 Å². The Morgan fingerprint density at radius 1 is 1.05 bits per heavy atom. The third-order valence-corrected chi connectivity index (χ3v) is 2.65. The molecule has 0 atom stereocenters. The molecule has 118 valence electrons. The van der Waals surface area contributed by atoms with Crippen LogP contribution in [0.3, 0.4) is 0 Å². The zero-order valence-electron chi connectivity index (χ0n) is 12.7. The second-order valence-corrected chi connectivity index (χ2v) is 5.95. The highest BCUT2D eigenvalue weighted by Gasteiger charge is 2.36. The van der Waals surface area contributed by atoms with E-state index in [1.165, 1.54) is 0 Å². The van der Waals surface area contributed by atoms with Crippen molar-refractivity contribution in [2.24, 2.45) is 10.6 Å². The van der Waals surface area contributed by atoms with E-state index in [1.807, 2.05) is 20.8 Å². The highest BCUT2D eigenvalue weighted by Crippen LogP contribution is 2.33. The van der Waals surface area contributed by atoms with E-state index in [0.717, 1.165) is 0 Å². The normalized spacial score (nSPS) is 13.5. The average molecular weight is 303 g/mol. The number of nitriles is 2. The summed E-state index contributed by atoms with van der Waals surface area (Å²) >= 11 is 0. The van der Waals surface area contributed by atoms with Crippen molar-refractivity contribution in [3.63, 3.8) is 0 Å². The van der Waals surface area contributed by atoms with Crippen molar-refractivity contribution in [1.29, 1.82) is 10.5 Å². The zero-order valence-corrected chi connectivity index (χ0v) is 12.7. The fourth-order valence-corrected chi connectivity index (χ4v) is 1.38. The van der Waals surface area contributed by atoms with Gasteiger partial charge in [0.25, 0.3) is 0 Å². The van der Waals surface area contributed by atoms with Crippen LogP contribution in [-0.2, 0) is 4.84 Å². The fraction of sp³-hybridized carbons (Fsp3) is 0.786. The van der Waals surface area contributed by atoms with Gasteiger partial charge in [0.1, 0.15) is 11.0 Å². The van der Waals surface area contributed by atoms with E-state index in [4.69, 9.17) is 15.4 Å². The Morgan fingerprint density at radius 3 is 1.95 bits per heavy atom. The number of nitrogens with zero attached hydrogens (tertiary/aromatic N) is 3. The molecule has 0 saturated heterocycles. The summed E-state index contributed by atoms with van der Waals surface area (Å²) in [6.07, 6.45) is -5.83. The lowest BCUT2D eigenvalue weighted by Crippen LogP contribution is -2.22. The van der Waals surface area contributed by atoms with E-state index in [1.54, 1.807) is 19.1 Å². The van der Waals surface area contributed by atoms with Gasteiger partial charge in [-0.2, -0.15) is 23.7 Å². The molecular weight excluding hydrogens is 283 g/mol. The second-order valence-electron chi connectivity index (χ2n) is 5.95. The van der Waals surface area contributed by atoms with Gasteiger partial charge in [0.05, 0.1) is 17.9 Å². The van der Waals surface area contributed by atoms with Crippen molar-refractivity contribution >= 4 is 5.71 Å². The largest absolute Gasteiger partial charge is 0.390 e. The third kappa shape index (κ3) is 8.91. The molecule has 0 aliphatic rings. The smallest absolute Gasteiger partial charge is 0.389 e. The van der Waals surface area contributed by atoms with Crippen molar-refractivity contribution in [2.45, 2.75) is 65.2 Å². The van der Waals surface area contributed by atoms with Crippen LogP contribution in [0.15, 0.2) is 5.16 Å². The van der Waals surface area contributed by atoms with Crippen LogP contribution in [-0.4, -0.2) is 17.5 Å². The summed E-state index contributed by atoms with van der Waals surface area (Å²) in [6, 6.07) is 3.42. The molecule has 0 amide bonds. The predicted octanol–water partition coefficient (Wildman–Crippen LogP) is 4.33. The molecule has 0 radical (unpaired) electrons. The molecule has 21 heavy (non-hydrogen) atoms. The Labute approximate surface area is 123 Å². The maximum Gasteiger partial charge on any atom is 0.389 e. The summed E-state index contributed by atoms with van der Waals surface area (Å²) in [4.78, 5) is 5.18. The maximum atomic E-state index is 12.2. The van der Waals surface area contributed by atoms with Crippen molar-refractivity contribution < 1.29 is 18.0 Å². The first kappa shape index (κ1) is 19.2. The van der Waals surface area contributed by atoms with Crippen LogP contribution in [0, 0.1) is 28.1 Å². The molecule has 0 heterocycles. The van der Waals surface area contributed by atoms with Gasteiger partial charge < -0.3 is 4.84 Å². The molecule has 0 saturated carbocycles. The van der Waals surface area contributed by atoms with Gasteiger partial charge in [-0.15, -0.1) is 0 Å². The van der Waals surface area contributed by atoms with Gasteiger partial charge in [0.2, 0.25) is 0 Å². The van der Waals surface area contributed by atoms with Crippen LogP contribution in [0.5, 0.6) is 0 Å². The van der Waals surface area contributed by atoms with E-state index in [9.17, 15) is 13.2 Å². The SMILES string of the molecule is CC(CCC(C#N)(C#N)CCC(F)(F)F)=NOC(C)(C)C. The van der Waals surface area contributed by atoms with Gasteiger partial charge in [-0.1, -0.05) is 5.16 Å². The lowest BCUT2D eigenvalue weighted by molar-refractivity contribution is -0.138. The van der Waals surface area contributed by atoms with Gasteiger partial charge in [0.15, 0.2) is 0 Å². The van der Waals surface area contributed by atoms with Gasteiger partial charge in [-0.3, -0.25) is 0 Å². The summed E-state index contributed by atoms with van der Waals surface area (Å²) in [5.41, 5.74) is -1.58. The minimum atomic E-state index is -4.38. The van der Waals surface area contributed by atoms with Crippen molar-refractivity contribution in [1.82, 2.24) is 0 Å². The topological polar surface area (TPSA) is 69.2 Å². The lowest BCUT2D eigenvalue weighted by atomic mass is 9.81. The van der Waals surface area contributed by atoms with Crippen molar-refractivity contribution in [2.75, 3.05) is 0 Å². The average Bonchev–Trinajstić information content (AvgIpc) is 2.35. The standard InChI is InChI=1S/C14H20F3N3O/c1-11(20-21-12(2,3)4)5-6-13(9-18,10-19)7-8-14(15,16)17/h5-8H2,1-4H3. The molecule has 0 fully saturated rings. The Kier molecular flexibility index (Phi) is 6.69. The number of rotatable bonds is 6. The molecular formula is C14H20F3N3O. The summed E-state index contributed by atoms with van der Waals surface area (Å²) in [6.45, 7) is 7.07. The van der Waals surface area contributed by atoms with Crippen molar-refractivity contribution in [3.8, 4) is 12.1 Å². The monoisotopic (exact) mass is 303 g/mol. The highest BCUT2D eigenvalue weighted by molar-refractivity contribution is 5.81.